The van der Waals surface area contributed by atoms with E-state index >= 15 is 0 Å². The first-order chi connectivity index (χ1) is 10.5. The molecule has 0 radical (unpaired) electrons. The zero-order valence-electron chi connectivity index (χ0n) is 11.4. The molecule has 0 spiro atoms. The number of aromatic carboxylic acids is 1. The first-order valence-electron chi connectivity index (χ1n) is 6.31. The number of carbonyl (C=O) groups excluding carboxylic acids is 1. The molecular formula is C16H13NO5. The highest BCUT2D eigenvalue weighted by Gasteiger charge is 2.10. The number of phenolic OH excluding ortho intramolecular Hbond substituents is 2. The van der Waals surface area contributed by atoms with E-state index in [1.165, 1.54) is 30.3 Å². The highest BCUT2D eigenvalue weighted by Crippen LogP contribution is 2.23. The predicted molar refractivity (Wildman–Crippen MR) is 80.8 cm³/mol. The summed E-state index contributed by atoms with van der Waals surface area (Å²) in [6.45, 7) is 0. The summed E-state index contributed by atoms with van der Waals surface area (Å²) in [4.78, 5) is 22.9. The number of carboxylic acid groups (broad SMARTS) is 1. The van der Waals surface area contributed by atoms with Crippen LogP contribution < -0.4 is 5.32 Å². The standard InChI is InChI=1S/C16H13NO5/c18-11-7-5-10(14(19)9-11)6-8-15(20)17-13-4-2-1-3-12(13)16(21)22/h1-9,18-19H,(H,17,20)(H,21,22). The van der Waals surface area contributed by atoms with Crippen LogP contribution in [0.3, 0.4) is 0 Å². The van der Waals surface area contributed by atoms with Gasteiger partial charge < -0.3 is 20.6 Å². The van der Waals surface area contributed by atoms with E-state index in [0.717, 1.165) is 12.1 Å². The summed E-state index contributed by atoms with van der Waals surface area (Å²) in [6, 6.07) is 10.00. The maximum atomic E-state index is 11.8. The number of hydrogen-bond donors (Lipinski definition) is 4. The van der Waals surface area contributed by atoms with Crippen molar-refractivity contribution in [3.05, 3.63) is 59.7 Å². The lowest BCUT2D eigenvalue weighted by Crippen LogP contribution is -2.11. The SMILES string of the molecule is O=C(C=Cc1ccc(O)cc1O)Nc1ccccc1C(=O)O. The van der Waals surface area contributed by atoms with Gasteiger partial charge in [-0.2, -0.15) is 0 Å². The third-order valence-electron chi connectivity index (χ3n) is 2.84. The molecule has 2 rings (SSSR count). The Labute approximate surface area is 126 Å². The van der Waals surface area contributed by atoms with E-state index < -0.39 is 11.9 Å². The van der Waals surface area contributed by atoms with Gasteiger partial charge in [0.2, 0.25) is 5.91 Å². The lowest BCUT2D eigenvalue weighted by molar-refractivity contribution is -0.111. The first-order valence-corrected chi connectivity index (χ1v) is 6.31. The molecular weight excluding hydrogens is 286 g/mol. The second-order valence-electron chi connectivity index (χ2n) is 4.42. The fourth-order valence-electron chi connectivity index (χ4n) is 1.79. The summed E-state index contributed by atoms with van der Waals surface area (Å²) >= 11 is 0. The molecule has 0 aliphatic heterocycles. The molecule has 0 aliphatic carbocycles. The summed E-state index contributed by atoms with van der Waals surface area (Å²) in [5, 5.41) is 30.2. The Kier molecular flexibility index (Phi) is 4.43. The van der Waals surface area contributed by atoms with Crippen LogP contribution in [0.2, 0.25) is 0 Å². The Morgan fingerprint density at radius 2 is 1.77 bits per heavy atom. The van der Waals surface area contributed by atoms with Crippen molar-refractivity contribution in [3.8, 4) is 11.5 Å². The van der Waals surface area contributed by atoms with E-state index in [9.17, 15) is 19.8 Å². The van der Waals surface area contributed by atoms with E-state index in [4.69, 9.17) is 5.11 Å². The van der Waals surface area contributed by atoms with Crippen LogP contribution in [0.4, 0.5) is 5.69 Å². The molecule has 2 aromatic rings. The minimum Gasteiger partial charge on any atom is -0.508 e. The number of anilines is 1. The number of nitrogens with one attached hydrogen (secondary N) is 1. The lowest BCUT2D eigenvalue weighted by atomic mass is 10.1. The molecule has 22 heavy (non-hydrogen) atoms. The predicted octanol–water partition coefficient (Wildman–Crippen LogP) is 2.45. The number of amides is 1. The van der Waals surface area contributed by atoms with Crippen molar-refractivity contribution >= 4 is 23.6 Å². The van der Waals surface area contributed by atoms with Crippen molar-refractivity contribution in [2.24, 2.45) is 0 Å². The third kappa shape index (κ3) is 3.63. The number of rotatable bonds is 4. The Morgan fingerprint density at radius 3 is 2.45 bits per heavy atom. The van der Waals surface area contributed by atoms with Crippen molar-refractivity contribution < 1.29 is 24.9 Å². The molecule has 6 nitrogen and oxygen atoms in total. The fraction of sp³-hybridized carbons (Fsp3) is 0. The van der Waals surface area contributed by atoms with Crippen LogP contribution >= 0.6 is 0 Å². The van der Waals surface area contributed by atoms with Gasteiger partial charge in [-0.15, -0.1) is 0 Å². The van der Waals surface area contributed by atoms with Crippen LogP contribution in [0.15, 0.2) is 48.5 Å². The van der Waals surface area contributed by atoms with Crippen LogP contribution in [0.5, 0.6) is 11.5 Å². The molecule has 0 atom stereocenters. The quantitative estimate of drug-likeness (QED) is 0.649. The van der Waals surface area contributed by atoms with Gasteiger partial charge in [-0.25, -0.2) is 4.79 Å². The number of carboxylic acids is 1. The molecule has 6 heteroatoms. The summed E-state index contributed by atoms with van der Waals surface area (Å²) < 4.78 is 0. The van der Waals surface area contributed by atoms with Crippen LogP contribution in [-0.4, -0.2) is 27.2 Å². The van der Waals surface area contributed by atoms with Gasteiger partial charge in [0.1, 0.15) is 11.5 Å². The second-order valence-corrected chi connectivity index (χ2v) is 4.42. The van der Waals surface area contributed by atoms with Gasteiger partial charge in [-0.1, -0.05) is 12.1 Å². The van der Waals surface area contributed by atoms with E-state index in [1.807, 2.05) is 0 Å². The smallest absolute Gasteiger partial charge is 0.337 e. The van der Waals surface area contributed by atoms with Gasteiger partial charge in [-0.05, 0) is 30.3 Å². The largest absolute Gasteiger partial charge is 0.508 e. The summed E-state index contributed by atoms with van der Waals surface area (Å²) in [5.74, 6) is -1.94. The lowest BCUT2D eigenvalue weighted by Gasteiger charge is -2.06. The molecule has 0 fully saturated rings. The fourth-order valence-corrected chi connectivity index (χ4v) is 1.79. The normalized spacial score (nSPS) is 10.5. The maximum Gasteiger partial charge on any atom is 0.337 e. The molecule has 0 saturated carbocycles. The molecule has 0 heterocycles. The molecule has 4 N–H and O–H groups in total. The van der Waals surface area contributed by atoms with E-state index in [0.29, 0.717) is 5.56 Å². The number of carbonyl (C=O) groups is 2. The van der Waals surface area contributed by atoms with Gasteiger partial charge in [0.25, 0.3) is 0 Å². The molecule has 0 aromatic heterocycles. The molecule has 2 aromatic carbocycles. The van der Waals surface area contributed by atoms with Crippen LogP contribution in [-0.2, 0) is 4.79 Å². The summed E-state index contributed by atoms with van der Waals surface area (Å²) in [7, 11) is 0. The highest BCUT2D eigenvalue weighted by molar-refractivity contribution is 6.06. The third-order valence-corrected chi connectivity index (χ3v) is 2.84. The average Bonchev–Trinajstić information content (AvgIpc) is 2.46. The summed E-state index contributed by atoms with van der Waals surface area (Å²) in [5.41, 5.74) is 0.510. The molecule has 1 amide bonds. The number of phenols is 2. The summed E-state index contributed by atoms with van der Waals surface area (Å²) in [6.07, 6.45) is 2.51. The topological polar surface area (TPSA) is 107 Å². The zero-order chi connectivity index (χ0) is 16.1. The van der Waals surface area contributed by atoms with E-state index in [2.05, 4.69) is 5.32 Å². The average molecular weight is 299 g/mol. The minimum absolute atomic E-state index is 0.0169. The Morgan fingerprint density at radius 1 is 1.05 bits per heavy atom. The number of benzene rings is 2. The molecule has 0 saturated heterocycles. The number of hydrogen-bond acceptors (Lipinski definition) is 4. The second kappa shape index (κ2) is 6.45. The number of aromatic hydroxyl groups is 2. The molecule has 112 valence electrons. The van der Waals surface area contributed by atoms with Crippen LogP contribution in [0, 0.1) is 0 Å². The zero-order valence-corrected chi connectivity index (χ0v) is 11.4. The maximum absolute atomic E-state index is 11.8. The first kappa shape index (κ1) is 15.1. The Bertz CT molecular complexity index is 752. The highest BCUT2D eigenvalue weighted by atomic mass is 16.4. The monoisotopic (exact) mass is 299 g/mol. The van der Waals surface area contributed by atoms with Crippen molar-refractivity contribution in [3.63, 3.8) is 0 Å². The van der Waals surface area contributed by atoms with E-state index in [1.54, 1.807) is 12.1 Å². The molecule has 0 unspecified atom stereocenters. The number of para-hydroxylation sites is 1. The molecule has 0 aliphatic rings. The van der Waals surface area contributed by atoms with Gasteiger partial charge in [0.05, 0.1) is 11.3 Å². The van der Waals surface area contributed by atoms with Gasteiger partial charge in [0, 0.05) is 17.7 Å². The van der Waals surface area contributed by atoms with Crippen LogP contribution in [0.1, 0.15) is 15.9 Å². The van der Waals surface area contributed by atoms with Crippen molar-refractivity contribution in [2.75, 3.05) is 5.32 Å². The Hall–Kier alpha value is -3.28. The Balaban J connectivity index is 2.13. The minimum atomic E-state index is -1.14. The van der Waals surface area contributed by atoms with Gasteiger partial charge in [-0.3, -0.25) is 4.79 Å². The van der Waals surface area contributed by atoms with Crippen molar-refractivity contribution in [1.29, 1.82) is 0 Å². The van der Waals surface area contributed by atoms with Gasteiger partial charge >= 0.3 is 5.97 Å². The molecule has 0 bridgehead atoms. The van der Waals surface area contributed by atoms with Crippen LogP contribution in [0.25, 0.3) is 6.08 Å². The van der Waals surface area contributed by atoms with Crippen molar-refractivity contribution in [1.82, 2.24) is 0 Å². The van der Waals surface area contributed by atoms with E-state index in [-0.39, 0.29) is 22.7 Å². The van der Waals surface area contributed by atoms with Crippen molar-refractivity contribution in [2.45, 2.75) is 0 Å². The van der Waals surface area contributed by atoms with Gasteiger partial charge in [0.15, 0.2) is 0 Å².